The first-order chi connectivity index (χ1) is 9.26. The molecule has 1 nitrogen and oxygen atoms in total. The van der Waals surface area contributed by atoms with E-state index in [1.54, 1.807) is 6.92 Å². The third kappa shape index (κ3) is 1.73. The van der Waals surface area contributed by atoms with Crippen molar-refractivity contribution in [3.05, 3.63) is 72.9 Å². The molecule has 0 saturated heterocycles. The molecule has 0 aromatic carbocycles. The average Bonchev–Trinajstić information content (AvgIpc) is 3.15. The Morgan fingerprint density at radius 3 is 1.16 bits per heavy atom. The van der Waals surface area contributed by atoms with E-state index >= 15 is 0 Å². The number of carbonyl (C=O) groups excluding carboxylic acids is 1. The molecule has 3 rings (SSSR count). The maximum Gasteiger partial charge on any atom is 0.138 e. The Bertz CT molecular complexity index is 449. The maximum atomic E-state index is 12.6. The molecule has 0 fully saturated rings. The molecule has 0 aromatic rings. The lowest BCUT2D eigenvalue weighted by Crippen LogP contribution is -2.45. The minimum absolute atomic E-state index is 0.166. The zero-order valence-corrected chi connectivity index (χ0v) is 11.1. The lowest BCUT2D eigenvalue weighted by atomic mass is 9.58. The standard InChI is InChI=1S/C18H18O/c1-14(19)18(15-8-2-3-9-15,16-10-4-5-11-16)17-12-6-7-13-17/h2-13,15-17H,1H3. The molecule has 0 atom stereocenters. The Kier molecular flexibility index (Phi) is 2.98. The van der Waals surface area contributed by atoms with Gasteiger partial charge in [0.2, 0.25) is 0 Å². The van der Waals surface area contributed by atoms with Crippen LogP contribution in [0.4, 0.5) is 0 Å². The van der Waals surface area contributed by atoms with Crippen molar-refractivity contribution in [3.8, 4) is 0 Å². The molecule has 0 spiro atoms. The van der Waals surface area contributed by atoms with Crippen molar-refractivity contribution in [1.82, 2.24) is 0 Å². The van der Waals surface area contributed by atoms with E-state index < -0.39 is 5.41 Å². The van der Waals surface area contributed by atoms with Crippen LogP contribution in [0.2, 0.25) is 0 Å². The summed E-state index contributed by atoms with van der Waals surface area (Å²) in [6, 6.07) is 0. The molecular weight excluding hydrogens is 232 g/mol. The monoisotopic (exact) mass is 250 g/mol. The van der Waals surface area contributed by atoms with Gasteiger partial charge in [0.1, 0.15) is 5.78 Å². The van der Waals surface area contributed by atoms with E-state index in [0.29, 0.717) is 0 Å². The summed E-state index contributed by atoms with van der Waals surface area (Å²) in [5.74, 6) is 0.760. The predicted octanol–water partition coefficient (Wildman–Crippen LogP) is 3.79. The number of hydrogen-bond donors (Lipinski definition) is 0. The van der Waals surface area contributed by atoms with Crippen LogP contribution < -0.4 is 0 Å². The molecule has 0 aromatic heterocycles. The second kappa shape index (κ2) is 4.65. The highest BCUT2D eigenvalue weighted by Crippen LogP contribution is 2.50. The van der Waals surface area contributed by atoms with Crippen LogP contribution in [0.15, 0.2) is 72.9 Å². The molecule has 0 heterocycles. The second-order valence-corrected chi connectivity index (χ2v) is 5.38. The van der Waals surface area contributed by atoms with Crippen LogP contribution >= 0.6 is 0 Å². The Labute approximate surface area is 114 Å². The van der Waals surface area contributed by atoms with E-state index in [4.69, 9.17) is 0 Å². The number of ketones is 1. The highest BCUT2D eigenvalue weighted by atomic mass is 16.1. The van der Waals surface area contributed by atoms with Gasteiger partial charge in [0.15, 0.2) is 0 Å². The number of hydrogen-bond acceptors (Lipinski definition) is 1. The number of allylic oxidation sites excluding steroid dienone is 12. The summed E-state index contributed by atoms with van der Waals surface area (Å²) in [4.78, 5) is 12.6. The van der Waals surface area contributed by atoms with E-state index in [1.165, 1.54) is 0 Å². The van der Waals surface area contributed by atoms with E-state index in [2.05, 4.69) is 36.5 Å². The van der Waals surface area contributed by atoms with Gasteiger partial charge < -0.3 is 0 Å². The van der Waals surface area contributed by atoms with Gasteiger partial charge in [0.05, 0.1) is 5.41 Å². The molecule has 3 aliphatic rings. The predicted molar refractivity (Wildman–Crippen MR) is 78.4 cm³/mol. The van der Waals surface area contributed by atoms with Gasteiger partial charge in [-0.2, -0.15) is 0 Å². The Hall–Kier alpha value is -1.89. The fraction of sp³-hybridized carbons (Fsp3) is 0.278. The average molecular weight is 250 g/mol. The molecule has 1 heteroatoms. The Morgan fingerprint density at radius 1 is 0.684 bits per heavy atom. The number of rotatable bonds is 4. The van der Waals surface area contributed by atoms with Crippen LogP contribution in [0.5, 0.6) is 0 Å². The van der Waals surface area contributed by atoms with E-state index in [1.807, 2.05) is 36.5 Å². The quantitative estimate of drug-likeness (QED) is 0.742. The van der Waals surface area contributed by atoms with Gasteiger partial charge in [0.25, 0.3) is 0 Å². The van der Waals surface area contributed by atoms with Gasteiger partial charge in [0, 0.05) is 17.8 Å². The van der Waals surface area contributed by atoms with Crippen LogP contribution in [0.25, 0.3) is 0 Å². The van der Waals surface area contributed by atoms with Crippen molar-refractivity contribution in [2.24, 2.45) is 23.2 Å². The molecule has 0 radical (unpaired) electrons. The first kappa shape index (κ1) is 12.2. The molecule has 96 valence electrons. The van der Waals surface area contributed by atoms with E-state index in [0.717, 1.165) is 0 Å². The normalized spacial score (nSPS) is 22.4. The molecule has 0 unspecified atom stereocenters. The highest BCUT2D eigenvalue weighted by Gasteiger charge is 2.51. The van der Waals surface area contributed by atoms with Crippen molar-refractivity contribution in [3.63, 3.8) is 0 Å². The van der Waals surface area contributed by atoms with Crippen LogP contribution in [-0.4, -0.2) is 5.78 Å². The van der Waals surface area contributed by atoms with Crippen molar-refractivity contribution in [2.45, 2.75) is 6.92 Å². The third-order valence-corrected chi connectivity index (χ3v) is 4.51. The fourth-order valence-electron chi connectivity index (χ4n) is 3.62. The third-order valence-electron chi connectivity index (χ3n) is 4.51. The van der Waals surface area contributed by atoms with Crippen molar-refractivity contribution < 1.29 is 4.79 Å². The van der Waals surface area contributed by atoms with Gasteiger partial charge >= 0.3 is 0 Å². The van der Waals surface area contributed by atoms with Gasteiger partial charge in [-0.3, -0.25) is 4.79 Å². The van der Waals surface area contributed by atoms with Gasteiger partial charge in [-0.1, -0.05) is 72.9 Å². The molecule has 3 aliphatic carbocycles. The summed E-state index contributed by atoms with van der Waals surface area (Å²) in [5, 5.41) is 0. The second-order valence-electron chi connectivity index (χ2n) is 5.38. The summed E-state index contributed by atoms with van der Waals surface area (Å²) in [6.07, 6.45) is 25.2. The van der Waals surface area contributed by atoms with Crippen LogP contribution in [-0.2, 0) is 4.79 Å². The zero-order valence-electron chi connectivity index (χ0n) is 11.1. The smallest absolute Gasteiger partial charge is 0.138 e. The molecule has 0 saturated carbocycles. The van der Waals surface area contributed by atoms with Crippen molar-refractivity contribution >= 4 is 5.78 Å². The molecule has 19 heavy (non-hydrogen) atoms. The molecule has 0 N–H and O–H groups in total. The summed E-state index contributed by atoms with van der Waals surface area (Å²) in [5.41, 5.74) is -0.420. The highest BCUT2D eigenvalue weighted by molar-refractivity contribution is 5.86. The van der Waals surface area contributed by atoms with Crippen LogP contribution in [0.3, 0.4) is 0 Å². The lowest BCUT2D eigenvalue weighted by molar-refractivity contribution is -0.131. The largest absolute Gasteiger partial charge is 0.299 e. The minimum Gasteiger partial charge on any atom is -0.299 e. The first-order valence-electron chi connectivity index (χ1n) is 6.82. The lowest BCUT2D eigenvalue weighted by Gasteiger charge is -2.43. The van der Waals surface area contributed by atoms with Crippen molar-refractivity contribution in [2.75, 3.05) is 0 Å². The number of Topliss-reactive ketones (excluding diaryl/α,β-unsaturated/α-hetero) is 1. The maximum absolute atomic E-state index is 12.6. The summed E-state index contributed by atoms with van der Waals surface area (Å²) < 4.78 is 0. The van der Waals surface area contributed by atoms with E-state index in [9.17, 15) is 4.79 Å². The van der Waals surface area contributed by atoms with Crippen molar-refractivity contribution in [1.29, 1.82) is 0 Å². The molecular formula is C18H18O. The Balaban J connectivity index is 2.13. The SMILES string of the molecule is CC(=O)C(C1C=CC=C1)(C1C=CC=C1)C1C=CC=C1. The van der Waals surface area contributed by atoms with Gasteiger partial charge in [-0.25, -0.2) is 0 Å². The van der Waals surface area contributed by atoms with E-state index in [-0.39, 0.29) is 23.5 Å². The molecule has 0 aliphatic heterocycles. The van der Waals surface area contributed by atoms with Gasteiger partial charge in [-0.15, -0.1) is 0 Å². The fourth-order valence-corrected chi connectivity index (χ4v) is 3.62. The van der Waals surface area contributed by atoms with Gasteiger partial charge in [-0.05, 0) is 6.92 Å². The van der Waals surface area contributed by atoms with Crippen LogP contribution in [0.1, 0.15) is 6.92 Å². The summed E-state index contributed by atoms with van der Waals surface area (Å²) >= 11 is 0. The zero-order chi connectivity index (χ0) is 13.3. The van der Waals surface area contributed by atoms with Crippen LogP contribution in [0, 0.1) is 23.2 Å². The Morgan fingerprint density at radius 2 is 0.947 bits per heavy atom. The summed E-state index contributed by atoms with van der Waals surface area (Å²) in [7, 11) is 0. The number of carbonyl (C=O) groups is 1. The first-order valence-corrected chi connectivity index (χ1v) is 6.82. The summed E-state index contributed by atoms with van der Waals surface area (Å²) in [6.45, 7) is 1.74. The topological polar surface area (TPSA) is 17.1 Å². The molecule has 0 bridgehead atoms. The minimum atomic E-state index is -0.420. The molecule has 0 amide bonds.